The lowest BCUT2D eigenvalue weighted by molar-refractivity contribution is 0.190. The number of hydrogen-bond acceptors (Lipinski definition) is 5. The first-order chi connectivity index (χ1) is 12.1. The van der Waals surface area contributed by atoms with Crippen molar-refractivity contribution < 1.29 is 4.79 Å². The molecule has 25 heavy (non-hydrogen) atoms. The average molecular weight is 343 g/mol. The molecule has 1 atom stereocenters. The van der Waals surface area contributed by atoms with E-state index in [0.29, 0.717) is 13.1 Å². The quantitative estimate of drug-likeness (QED) is 0.916. The van der Waals surface area contributed by atoms with Gasteiger partial charge in [0.2, 0.25) is 0 Å². The molecule has 1 aliphatic rings. The van der Waals surface area contributed by atoms with Gasteiger partial charge in [0.05, 0.1) is 6.04 Å². The molecule has 1 saturated heterocycles. The third kappa shape index (κ3) is 3.89. The Bertz CT molecular complexity index is 692. The van der Waals surface area contributed by atoms with Gasteiger partial charge >= 0.3 is 6.03 Å². The van der Waals surface area contributed by atoms with Crippen molar-refractivity contribution >= 4 is 11.7 Å². The molecule has 0 bridgehead atoms. The molecule has 0 spiro atoms. The number of anilines is 1. The van der Waals surface area contributed by atoms with Crippen molar-refractivity contribution in [1.82, 2.24) is 30.0 Å². The van der Waals surface area contributed by atoms with Crippen LogP contribution in [-0.4, -0.2) is 56.9 Å². The molecule has 3 rings (SSSR count). The number of nitrogens with zero attached hydrogens (tertiary/aromatic N) is 6. The first kappa shape index (κ1) is 17.2. The van der Waals surface area contributed by atoms with E-state index in [0.717, 1.165) is 24.6 Å². The molecule has 8 nitrogen and oxygen atoms in total. The lowest BCUT2D eigenvalue weighted by Gasteiger charge is -2.36. The first-order valence-electron chi connectivity index (χ1n) is 8.66. The number of pyridine rings is 1. The van der Waals surface area contributed by atoms with Crippen molar-refractivity contribution in [2.75, 3.05) is 31.1 Å². The molecule has 2 aromatic heterocycles. The summed E-state index contributed by atoms with van der Waals surface area (Å²) in [6, 6.07) is 4.01. The zero-order chi connectivity index (χ0) is 17.8. The van der Waals surface area contributed by atoms with Crippen LogP contribution in [0.1, 0.15) is 38.7 Å². The Kier molecular flexibility index (Phi) is 5.16. The summed E-state index contributed by atoms with van der Waals surface area (Å²) >= 11 is 0. The molecule has 1 aliphatic heterocycles. The van der Waals surface area contributed by atoms with Gasteiger partial charge in [0.1, 0.15) is 6.33 Å². The predicted molar refractivity (Wildman–Crippen MR) is 95.4 cm³/mol. The monoisotopic (exact) mass is 343 g/mol. The normalized spacial score (nSPS) is 16.2. The number of carbonyl (C=O) groups excluding carboxylic acids is 1. The van der Waals surface area contributed by atoms with E-state index in [-0.39, 0.29) is 18.1 Å². The first-order valence-corrected chi connectivity index (χ1v) is 8.66. The Hall–Kier alpha value is -2.64. The third-order valence-corrected chi connectivity index (χ3v) is 4.48. The second-order valence-corrected chi connectivity index (χ2v) is 6.54. The topological polar surface area (TPSA) is 79.2 Å². The minimum atomic E-state index is -0.185. The summed E-state index contributed by atoms with van der Waals surface area (Å²) in [6.07, 6.45) is 5.29. The molecule has 1 fully saturated rings. The summed E-state index contributed by atoms with van der Waals surface area (Å²) in [4.78, 5) is 20.7. The molecule has 0 radical (unpaired) electrons. The number of hydrogen-bond donors (Lipinski definition) is 1. The van der Waals surface area contributed by atoms with Crippen LogP contribution in [0.5, 0.6) is 0 Å². The van der Waals surface area contributed by atoms with Gasteiger partial charge < -0.3 is 19.7 Å². The SMILES string of the molecule is CC(C)n1cnnc1[C@@H](C)NC(=O)N1CCN(c2ccncc2)CC1. The van der Waals surface area contributed by atoms with E-state index in [2.05, 4.69) is 39.2 Å². The lowest BCUT2D eigenvalue weighted by atomic mass is 10.2. The van der Waals surface area contributed by atoms with Crippen LogP contribution < -0.4 is 10.2 Å². The average Bonchev–Trinajstić information content (AvgIpc) is 3.13. The number of aromatic nitrogens is 4. The number of amides is 2. The van der Waals surface area contributed by atoms with Crippen molar-refractivity contribution in [2.45, 2.75) is 32.9 Å². The highest BCUT2D eigenvalue weighted by atomic mass is 16.2. The Morgan fingerprint density at radius 1 is 1.12 bits per heavy atom. The number of piperazine rings is 1. The Labute approximate surface area is 147 Å². The van der Waals surface area contributed by atoms with Crippen LogP contribution in [0.15, 0.2) is 30.9 Å². The highest BCUT2D eigenvalue weighted by Crippen LogP contribution is 2.17. The summed E-state index contributed by atoms with van der Waals surface area (Å²) in [5, 5.41) is 11.2. The zero-order valence-corrected chi connectivity index (χ0v) is 15.0. The maximum Gasteiger partial charge on any atom is 0.318 e. The molecule has 2 amide bonds. The minimum absolute atomic E-state index is 0.0554. The molecule has 0 unspecified atom stereocenters. The van der Waals surface area contributed by atoms with Crippen molar-refractivity contribution in [2.24, 2.45) is 0 Å². The van der Waals surface area contributed by atoms with Gasteiger partial charge in [-0.1, -0.05) is 0 Å². The fraction of sp³-hybridized carbons (Fsp3) is 0.529. The Morgan fingerprint density at radius 3 is 2.44 bits per heavy atom. The van der Waals surface area contributed by atoms with Gasteiger partial charge in [0.25, 0.3) is 0 Å². The Morgan fingerprint density at radius 2 is 1.80 bits per heavy atom. The molecule has 2 aromatic rings. The van der Waals surface area contributed by atoms with Gasteiger partial charge in [-0.15, -0.1) is 10.2 Å². The van der Waals surface area contributed by atoms with Crippen LogP contribution in [-0.2, 0) is 0 Å². The highest BCUT2D eigenvalue weighted by molar-refractivity contribution is 5.75. The number of carbonyl (C=O) groups is 1. The van der Waals surface area contributed by atoms with Gasteiger partial charge in [-0.2, -0.15) is 0 Å². The molecule has 0 aliphatic carbocycles. The van der Waals surface area contributed by atoms with E-state index in [1.807, 2.05) is 28.5 Å². The second-order valence-electron chi connectivity index (χ2n) is 6.54. The fourth-order valence-electron chi connectivity index (χ4n) is 3.02. The maximum absolute atomic E-state index is 12.6. The molecule has 1 N–H and O–H groups in total. The van der Waals surface area contributed by atoms with Crippen LogP contribution >= 0.6 is 0 Å². The van der Waals surface area contributed by atoms with E-state index < -0.39 is 0 Å². The fourth-order valence-corrected chi connectivity index (χ4v) is 3.02. The van der Waals surface area contributed by atoms with Gasteiger partial charge in [-0.3, -0.25) is 4.98 Å². The summed E-state index contributed by atoms with van der Waals surface area (Å²) in [6.45, 7) is 9.09. The van der Waals surface area contributed by atoms with Crippen LogP contribution in [0.4, 0.5) is 10.5 Å². The lowest BCUT2D eigenvalue weighted by Crippen LogP contribution is -2.52. The highest BCUT2D eigenvalue weighted by Gasteiger charge is 2.24. The number of nitrogens with one attached hydrogen (secondary N) is 1. The number of urea groups is 1. The predicted octanol–water partition coefficient (Wildman–Crippen LogP) is 1.85. The molecular weight excluding hydrogens is 318 g/mol. The molecule has 0 saturated carbocycles. The third-order valence-electron chi connectivity index (χ3n) is 4.48. The van der Waals surface area contributed by atoms with Crippen molar-refractivity contribution in [3.8, 4) is 0 Å². The van der Waals surface area contributed by atoms with Gasteiger partial charge in [-0.05, 0) is 32.9 Å². The van der Waals surface area contributed by atoms with Crippen molar-refractivity contribution in [3.05, 3.63) is 36.7 Å². The molecule has 0 aromatic carbocycles. The standard InChI is InChI=1S/C17H25N7O/c1-13(2)24-12-19-21-16(24)14(3)20-17(25)23-10-8-22(9-11-23)15-4-6-18-7-5-15/h4-7,12-14H,8-11H2,1-3H3,(H,20,25)/t14-/m1/s1. The van der Waals surface area contributed by atoms with Crippen LogP contribution in [0, 0.1) is 0 Å². The van der Waals surface area contributed by atoms with Gasteiger partial charge in [0.15, 0.2) is 5.82 Å². The van der Waals surface area contributed by atoms with E-state index in [4.69, 9.17) is 0 Å². The maximum atomic E-state index is 12.6. The summed E-state index contributed by atoms with van der Waals surface area (Å²) in [7, 11) is 0. The zero-order valence-electron chi connectivity index (χ0n) is 15.0. The molecule has 8 heteroatoms. The van der Waals surface area contributed by atoms with Gasteiger partial charge in [-0.25, -0.2) is 4.79 Å². The van der Waals surface area contributed by atoms with Crippen molar-refractivity contribution in [3.63, 3.8) is 0 Å². The van der Waals surface area contributed by atoms with E-state index in [1.165, 1.54) is 0 Å². The largest absolute Gasteiger partial charge is 0.368 e. The van der Waals surface area contributed by atoms with Crippen LogP contribution in [0.25, 0.3) is 0 Å². The van der Waals surface area contributed by atoms with E-state index >= 15 is 0 Å². The summed E-state index contributed by atoms with van der Waals surface area (Å²) < 4.78 is 1.98. The number of rotatable bonds is 4. The summed E-state index contributed by atoms with van der Waals surface area (Å²) in [5.74, 6) is 0.777. The van der Waals surface area contributed by atoms with Gasteiger partial charge in [0, 0.05) is 50.3 Å². The van der Waals surface area contributed by atoms with Crippen LogP contribution in [0.2, 0.25) is 0 Å². The molecular formula is C17H25N7O. The van der Waals surface area contributed by atoms with Crippen LogP contribution in [0.3, 0.4) is 0 Å². The second kappa shape index (κ2) is 7.50. The Balaban J connectivity index is 1.55. The smallest absolute Gasteiger partial charge is 0.318 e. The molecule has 3 heterocycles. The van der Waals surface area contributed by atoms with E-state index in [9.17, 15) is 4.79 Å². The summed E-state index contributed by atoms with van der Waals surface area (Å²) in [5.41, 5.74) is 1.15. The molecule has 134 valence electrons. The van der Waals surface area contributed by atoms with Crippen molar-refractivity contribution in [1.29, 1.82) is 0 Å². The minimum Gasteiger partial charge on any atom is -0.368 e. The van der Waals surface area contributed by atoms with E-state index in [1.54, 1.807) is 18.7 Å².